The summed E-state index contributed by atoms with van der Waals surface area (Å²) in [7, 11) is 6.24. The van der Waals surface area contributed by atoms with Crippen LogP contribution in [0.25, 0.3) is 5.70 Å². The molecule has 0 aliphatic carbocycles. The molecule has 0 radical (unpaired) electrons. The molecule has 0 bridgehead atoms. The van der Waals surface area contributed by atoms with Crippen molar-refractivity contribution in [1.82, 2.24) is 15.7 Å². The van der Waals surface area contributed by atoms with Crippen LogP contribution in [0, 0.1) is 0 Å². The second-order valence-electron chi connectivity index (χ2n) is 6.92. The van der Waals surface area contributed by atoms with E-state index >= 15 is 0 Å². The number of amides is 1. The van der Waals surface area contributed by atoms with Gasteiger partial charge in [-0.1, -0.05) is 23.7 Å². The fourth-order valence-corrected chi connectivity index (χ4v) is 3.70. The molecule has 2 aromatic rings. The van der Waals surface area contributed by atoms with Gasteiger partial charge in [0.15, 0.2) is 0 Å². The maximum atomic E-state index is 12.1. The van der Waals surface area contributed by atoms with Crippen molar-refractivity contribution in [2.45, 2.75) is 6.10 Å². The molecule has 1 unspecified atom stereocenters. The summed E-state index contributed by atoms with van der Waals surface area (Å²) in [5.41, 5.74) is 6.07. The van der Waals surface area contributed by atoms with Crippen LogP contribution < -0.4 is 15.7 Å². The van der Waals surface area contributed by atoms with E-state index in [1.165, 1.54) is 17.0 Å². The lowest BCUT2D eigenvalue weighted by Crippen LogP contribution is -2.31. The summed E-state index contributed by atoms with van der Waals surface area (Å²) < 4.78 is 0.599. The quantitative estimate of drug-likeness (QED) is 0.687. The van der Waals surface area contributed by atoms with E-state index in [2.05, 4.69) is 66.0 Å². The number of thiophene rings is 1. The van der Waals surface area contributed by atoms with Crippen molar-refractivity contribution in [1.29, 1.82) is 0 Å². The van der Waals surface area contributed by atoms with Gasteiger partial charge in [-0.25, -0.2) is 0 Å². The number of carbonyl (C=O) groups is 1. The van der Waals surface area contributed by atoms with E-state index in [1.807, 2.05) is 6.08 Å². The van der Waals surface area contributed by atoms with Gasteiger partial charge in [0, 0.05) is 25.8 Å². The highest BCUT2D eigenvalue weighted by Gasteiger charge is 2.19. The average Bonchev–Trinajstić information content (AvgIpc) is 3.33. The number of anilines is 1. The third-order valence-corrected chi connectivity index (χ3v) is 5.67. The minimum Gasteiger partial charge on any atom is -0.373 e. The number of halogens is 1. The monoisotopic (exact) mass is 420 g/mol. The SMILES string of the molecule is CN(C)CCN(C)c1ccc(C2=CC(CNC(=O)c3ccc(Cl)s3)ON2)cc1. The fraction of sp³-hybridized carbons (Fsp3) is 0.350. The van der Waals surface area contributed by atoms with Crippen molar-refractivity contribution in [2.24, 2.45) is 0 Å². The van der Waals surface area contributed by atoms with Crippen LogP contribution in [-0.4, -0.2) is 57.7 Å². The Balaban J connectivity index is 1.53. The zero-order chi connectivity index (χ0) is 20.1. The predicted molar refractivity (Wildman–Crippen MR) is 116 cm³/mol. The van der Waals surface area contributed by atoms with Crippen LogP contribution in [0.15, 0.2) is 42.5 Å². The largest absolute Gasteiger partial charge is 0.373 e. The van der Waals surface area contributed by atoms with Crippen molar-refractivity contribution in [3.05, 3.63) is 57.3 Å². The van der Waals surface area contributed by atoms with E-state index in [0.717, 1.165) is 24.4 Å². The van der Waals surface area contributed by atoms with Gasteiger partial charge < -0.3 is 15.1 Å². The van der Waals surface area contributed by atoms with Crippen LogP contribution in [0.3, 0.4) is 0 Å². The van der Waals surface area contributed by atoms with E-state index in [-0.39, 0.29) is 12.0 Å². The predicted octanol–water partition coefficient (Wildman–Crippen LogP) is 3.07. The Labute approximate surface area is 174 Å². The highest BCUT2D eigenvalue weighted by Crippen LogP contribution is 2.23. The van der Waals surface area contributed by atoms with E-state index < -0.39 is 0 Å². The Kier molecular flexibility index (Phi) is 6.96. The van der Waals surface area contributed by atoms with Gasteiger partial charge in [0.2, 0.25) is 0 Å². The van der Waals surface area contributed by atoms with Crippen molar-refractivity contribution in [3.8, 4) is 0 Å². The molecule has 28 heavy (non-hydrogen) atoms. The third-order valence-electron chi connectivity index (χ3n) is 4.44. The molecule has 0 saturated heterocycles. The normalized spacial score (nSPS) is 16.0. The number of nitrogens with one attached hydrogen (secondary N) is 2. The Morgan fingerprint density at radius 1 is 1.18 bits per heavy atom. The molecule has 1 aromatic heterocycles. The molecule has 0 saturated carbocycles. The van der Waals surface area contributed by atoms with Gasteiger partial charge >= 0.3 is 0 Å². The summed E-state index contributed by atoms with van der Waals surface area (Å²) >= 11 is 7.13. The molecule has 1 aromatic carbocycles. The van der Waals surface area contributed by atoms with Crippen molar-refractivity contribution >= 4 is 40.2 Å². The van der Waals surface area contributed by atoms with Gasteiger partial charge in [-0.2, -0.15) is 0 Å². The Bertz CT molecular complexity index is 835. The van der Waals surface area contributed by atoms with E-state index in [0.29, 0.717) is 15.8 Å². The lowest BCUT2D eigenvalue weighted by atomic mass is 10.1. The van der Waals surface area contributed by atoms with E-state index in [4.69, 9.17) is 16.4 Å². The van der Waals surface area contributed by atoms with Crippen LogP contribution >= 0.6 is 22.9 Å². The molecule has 1 aliphatic heterocycles. The summed E-state index contributed by atoms with van der Waals surface area (Å²) in [6, 6.07) is 11.8. The van der Waals surface area contributed by atoms with Crippen molar-refractivity contribution in [3.63, 3.8) is 0 Å². The smallest absolute Gasteiger partial charge is 0.261 e. The zero-order valence-corrected chi connectivity index (χ0v) is 17.8. The number of hydrogen-bond acceptors (Lipinski definition) is 6. The molecule has 0 fully saturated rings. The van der Waals surface area contributed by atoms with Crippen LogP contribution in [0.5, 0.6) is 0 Å². The highest BCUT2D eigenvalue weighted by atomic mass is 35.5. The van der Waals surface area contributed by atoms with Crippen molar-refractivity contribution < 1.29 is 9.63 Å². The summed E-state index contributed by atoms with van der Waals surface area (Å²) in [5, 5.41) is 2.87. The highest BCUT2D eigenvalue weighted by molar-refractivity contribution is 7.17. The van der Waals surface area contributed by atoms with Crippen LogP contribution in [0.1, 0.15) is 15.2 Å². The molecule has 6 nitrogen and oxygen atoms in total. The van der Waals surface area contributed by atoms with Gasteiger partial charge in [0.25, 0.3) is 5.91 Å². The van der Waals surface area contributed by atoms with Crippen LogP contribution in [-0.2, 0) is 4.84 Å². The summed E-state index contributed by atoms with van der Waals surface area (Å²) in [6.07, 6.45) is 1.75. The number of likely N-dealkylation sites (N-methyl/N-ethyl adjacent to an activating group) is 2. The average molecular weight is 421 g/mol. The topological polar surface area (TPSA) is 56.8 Å². The first kappa shape index (κ1) is 20.7. The summed E-state index contributed by atoms with van der Waals surface area (Å²) in [5.74, 6) is -0.146. The summed E-state index contributed by atoms with van der Waals surface area (Å²) in [6.45, 7) is 2.35. The first-order chi connectivity index (χ1) is 13.4. The minimum atomic E-state index is -0.225. The molecule has 1 amide bonds. The van der Waals surface area contributed by atoms with Gasteiger partial charge in [-0.15, -0.1) is 11.3 Å². The number of hydroxylamine groups is 1. The first-order valence-electron chi connectivity index (χ1n) is 9.05. The lowest BCUT2D eigenvalue weighted by molar-refractivity contribution is 0.0499. The minimum absolute atomic E-state index is 0.146. The number of carbonyl (C=O) groups excluding carboxylic acids is 1. The Morgan fingerprint density at radius 3 is 2.57 bits per heavy atom. The molecule has 8 heteroatoms. The number of benzene rings is 1. The van der Waals surface area contributed by atoms with E-state index in [9.17, 15) is 4.79 Å². The molecule has 2 N–H and O–H groups in total. The fourth-order valence-electron chi connectivity index (χ4n) is 2.74. The van der Waals surface area contributed by atoms with Gasteiger partial charge in [0.1, 0.15) is 6.10 Å². The molecule has 1 aliphatic rings. The van der Waals surface area contributed by atoms with Gasteiger partial charge in [-0.05, 0) is 50.0 Å². The standard InChI is InChI=1S/C20H25ClN4O2S/c1-24(2)10-11-25(3)15-6-4-14(5-7-15)17-12-16(27-23-17)13-22-20(26)18-8-9-19(21)28-18/h4-9,12,16,23H,10-11,13H2,1-3H3,(H,22,26). The van der Waals surface area contributed by atoms with E-state index in [1.54, 1.807) is 12.1 Å². The maximum Gasteiger partial charge on any atom is 0.261 e. The van der Waals surface area contributed by atoms with Gasteiger partial charge in [0.05, 0.1) is 21.5 Å². The third kappa shape index (κ3) is 5.48. The molecular weight excluding hydrogens is 396 g/mol. The molecule has 3 rings (SSSR count). The number of nitrogens with zero attached hydrogens (tertiary/aromatic N) is 2. The molecule has 150 valence electrons. The zero-order valence-electron chi connectivity index (χ0n) is 16.2. The molecule has 1 atom stereocenters. The lowest BCUT2D eigenvalue weighted by Gasteiger charge is -2.21. The number of hydrogen-bond donors (Lipinski definition) is 2. The van der Waals surface area contributed by atoms with Crippen molar-refractivity contribution in [2.75, 3.05) is 45.7 Å². The second kappa shape index (κ2) is 9.43. The Morgan fingerprint density at radius 2 is 1.93 bits per heavy atom. The molecular formula is C20H25ClN4O2S. The number of rotatable bonds is 8. The van der Waals surface area contributed by atoms with Crippen LogP contribution in [0.4, 0.5) is 5.69 Å². The first-order valence-corrected chi connectivity index (χ1v) is 10.2. The maximum absolute atomic E-state index is 12.1. The van der Waals surface area contributed by atoms with Crippen LogP contribution in [0.2, 0.25) is 4.34 Å². The molecule has 0 spiro atoms. The summed E-state index contributed by atoms with van der Waals surface area (Å²) in [4.78, 5) is 22.6. The molecule has 2 heterocycles. The Hall–Kier alpha value is -2.06. The second-order valence-corrected chi connectivity index (χ2v) is 8.64. The van der Waals surface area contributed by atoms with Gasteiger partial charge in [-0.3, -0.25) is 15.1 Å².